The van der Waals surface area contributed by atoms with Crippen LogP contribution in [0, 0.1) is 11.3 Å². The molecule has 240 valence electrons. The number of fused-ring (bicyclic) bond motifs is 1. The molecular formula is C34H43N5O6. The van der Waals surface area contributed by atoms with Gasteiger partial charge in [-0.15, -0.1) is 0 Å². The molecule has 0 radical (unpaired) electrons. The molecule has 0 bridgehead atoms. The molecule has 1 aromatic carbocycles. The smallest absolute Gasteiger partial charge is 0.255 e. The number of carbonyl (C=O) groups is 4. The Morgan fingerprint density at radius 1 is 1.00 bits per heavy atom. The zero-order valence-electron chi connectivity index (χ0n) is 26.1. The third-order valence-electron chi connectivity index (χ3n) is 9.33. The Morgan fingerprint density at radius 3 is 2.49 bits per heavy atom. The summed E-state index contributed by atoms with van der Waals surface area (Å²) in [5, 5.41) is 6.34. The fourth-order valence-corrected chi connectivity index (χ4v) is 6.42. The largest absolute Gasteiger partial charge is 0.381 e. The number of likely N-dealkylation sites (tertiary alicyclic amines) is 1. The van der Waals surface area contributed by atoms with Gasteiger partial charge in [0.05, 0.1) is 11.0 Å². The van der Waals surface area contributed by atoms with Crippen LogP contribution in [0.4, 0.5) is 0 Å². The molecule has 2 saturated heterocycles. The van der Waals surface area contributed by atoms with E-state index >= 15 is 0 Å². The molecule has 1 spiro atoms. The Bertz CT molecular complexity index is 1480. The van der Waals surface area contributed by atoms with E-state index in [1.54, 1.807) is 19.0 Å². The lowest BCUT2D eigenvalue weighted by atomic mass is 9.75. The van der Waals surface area contributed by atoms with E-state index in [2.05, 4.69) is 22.8 Å². The third kappa shape index (κ3) is 7.70. The highest BCUT2D eigenvalue weighted by Gasteiger charge is 2.42. The number of aromatic nitrogens is 1. The topological polar surface area (TPSA) is 130 Å². The van der Waals surface area contributed by atoms with Crippen LogP contribution in [0.2, 0.25) is 0 Å². The summed E-state index contributed by atoms with van der Waals surface area (Å²) in [6, 6.07) is 11.6. The molecule has 2 aromatic rings. The van der Waals surface area contributed by atoms with Gasteiger partial charge in [0.2, 0.25) is 17.7 Å². The number of piperidine rings is 1. The van der Waals surface area contributed by atoms with Crippen LogP contribution in [-0.2, 0) is 32.1 Å². The molecule has 11 heteroatoms. The lowest BCUT2D eigenvalue weighted by Crippen LogP contribution is -2.58. The van der Waals surface area contributed by atoms with Crippen molar-refractivity contribution in [3.63, 3.8) is 0 Å². The molecule has 3 atom stereocenters. The molecule has 0 saturated carbocycles. The summed E-state index contributed by atoms with van der Waals surface area (Å²) in [6.07, 6.45) is 8.84. The van der Waals surface area contributed by atoms with Crippen molar-refractivity contribution in [1.29, 1.82) is 0 Å². The van der Waals surface area contributed by atoms with E-state index in [0.717, 1.165) is 5.56 Å². The molecule has 2 N–H and O–H groups in total. The fourth-order valence-electron chi connectivity index (χ4n) is 6.42. The van der Waals surface area contributed by atoms with Gasteiger partial charge in [0.15, 0.2) is 0 Å². The number of hydrogen-bond donors (Lipinski definition) is 2. The van der Waals surface area contributed by atoms with Crippen LogP contribution in [0.1, 0.15) is 48.0 Å². The summed E-state index contributed by atoms with van der Waals surface area (Å²) in [4.78, 5) is 69.0. The van der Waals surface area contributed by atoms with E-state index < -0.39 is 11.5 Å². The Kier molecular flexibility index (Phi) is 10.2. The normalized spacial score (nSPS) is 24.3. The number of ether oxygens (including phenoxy) is 1. The van der Waals surface area contributed by atoms with Crippen molar-refractivity contribution >= 4 is 23.6 Å². The highest BCUT2D eigenvalue weighted by Crippen LogP contribution is 2.36. The highest BCUT2D eigenvalue weighted by atomic mass is 16.5. The van der Waals surface area contributed by atoms with Gasteiger partial charge in [-0.25, -0.2) is 0 Å². The van der Waals surface area contributed by atoms with Crippen LogP contribution in [0.5, 0.6) is 0 Å². The van der Waals surface area contributed by atoms with Crippen molar-refractivity contribution < 1.29 is 23.9 Å². The Hall–Kier alpha value is -4.25. The van der Waals surface area contributed by atoms with Crippen molar-refractivity contribution in [3.05, 3.63) is 82.3 Å². The number of amides is 4. The summed E-state index contributed by atoms with van der Waals surface area (Å²) >= 11 is 0. The number of benzene rings is 1. The Balaban J connectivity index is 1.37. The second-order valence-electron chi connectivity index (χ2n) is 12.6. The average molecular weight is 618 g/mol. The van der Waals surface area contributed by atoms with Crippen LogP contribution in [-0.4, -0.2) is 90.5 Å². The molecule has 4 amide bonds. The molecule has 11 nitrogen and oxygen atoms in total. The van der Waals surface area contributed by atoms with E-state index in [0.29, 0.717) is 70.4 Å². The van der Waals surface area contributed by atoms with Gasteiger partial charge < -0.3 is 29.7 Å². The van der Waals surface area contributed by atoms with Crippen LogP contribution in [0.15, 0.2) is 65.6 Å². The van der Waals surface area contributed by atoms with Crippen molar-refractivity contribution in [2.45, 2.75) is 57.2 Å². The van der Waals surface area contributed by atoms with E-state index in [-0.39, 0.29) is 47.7 Å². The molecule has 0 aliphatic carbocycles. The lowest BCUT2D eigenvalue weighted by molar-refractivity contribution is -0.140. The van der Waals surface area contributed by atoms with Crippen molar-refractivity contribution in [3.8, 4) is 0 Å². The third-order valence-corrected chi connectivity index (χ3v) is 9.33. The standard InChI is InChI=1S/C34H43N5O6/c1-37(2)30(41)23-39-22-26(11-12-29(39)40)32(43)38-17-13-27-25(21-38)10-6-7-14-34(15-18-45-19-16-34)33(44)36-28(31(42)35-27)20-24-8-4-3-5-9-24/h3-9,11-12,22,25,27-28H,10,13-21,23H2,1-2H3,(H,35,42)(H,36,44)/b7-6+/t25-,27+,28-/m0/s1. The van der Waals surface area contributed by atoms with Gasteiger partial charge in [0.1, 0.15) is 12.6 Å². The number of allylic oxidation sites excluding steroid dienone is 2. The number of nitrogens with one attached hydrogen (secondary N) is 2. The minimum absolute atomic E-state index is 0.0535. The van der Waals surface area contributed by atoms with E-state index in [1.807, 2.05) is 30.3 Å². The average Bonchev–Trinajstić information content (AvgIpc) is 3.04. The predicted octanol–water partition coefficient (Wildman–Crippen LogP) is 1.76. The van der Waals surface area contributed by atoms with Crippen molar-refractivity contribution in [2.75, 3.05) is 40.4 Å². The molecule has 5 rings (SSSR count). The van der Waals surface area contributed by atoms with Gasteiger partial charge in [-0.2, -0.15) is 0 Å². The minimum atomic E-state index is -0.741. The van der Waals surface area contributed by atoms with Crippen molar-refractivity contribution in [1.82, 2.24) is 25.0 Å². The molecule has 45 heavy (non-hydrogen) atoms. The lowest BCUT2D eigenvalue weighted by Gasteiger charge is -2.40. The van der Waals surface area contributed by atoms with Gasteiger partial charge in [-0.05, 0) is 43.7 Å². The van der Waals surface area contributed by atoms with E-state index in [9.17, 15) is 24.0 Å². The second-order valence-corrected chi connectivity index (χ2v) is 12.6. The summed E-state index contributed by atoms with van der Waals surface area (Å²) in [5.41, 5.74) is 0.289. The molecule has 4 heterocycles. The summed E-state index contributed by atoms with van der Waals surface area (Å²) in [6.45, 7) is 1.67. The quantitative estimate of drug-likeness (QED) is 0.492. The Morgan fingerprint density at radius 2 is 1.76 bits per heavy atom. The zero-order valence-corrected chi connectivity index (χ0v) is 26.1. The zero-order chi connectivity index (χ0) is 32.0. The van der Waals surface area contributed by atoms with Crippen LogP contribution in [0.3, 0.4) is 0 Å². The Labute approximate surface area is 263 Å². The van der Waals surface area contributed by atoms with Gasteiger partial charge >= 0.3 is 0 Å². The van der Waals surface area contributed by atoms with Crippen molar-refractivity contribution in [2.24, 2.45) is 11.3 Å². The summed E-state index contributed by atoms with van der Waals surface area (Å²) in [5.74, 6) is -0.870. The first-order chi connectivity index (χ1) is 21.6. The molecular weight excluding hydrogens is 574 g/mol. The summed E-state index contributed by atoms with van der Waals surface area (Å²) < 4.78 is 6.85. The van der Waals surface area contributed by atoms with E-state index in [1.165, 1.54) is 27.8 Å². The molecule has 1 aromatic heterocycles. The molecule has 3 aliphatic rings. The van der Waals surface area contributed by atoms with Crippen LogP contribution < -0.4 is 16.2 Å². The minimum Gasteiger partial charge on any atom is -0.381 e. The van der Waals surface area contributed by atoms with E-state index in [4.69, 9.17) is 4.74 Å². The number of likely N-dealkylation sites (N-methyl/N-ethyl adjacent to an activating group) is 1. The highest BCUT2D eigenvalue weighted by molar-refractivity contribution is 5.94. The number of rotatable bonds is 5. The predicted molar refractivity (Wildman–Crippen MR) is 168 cm³/mol. The van der Waals surface area contributed by atoms with Gasteiger partial charge in [-0.3, -0.25) is 24.0 Å². The van der Waals surface area contributed by atoms with Crippen LogP contribution >= 0.6 is 0 Å². The first-order valence-corrected chi connectivity index (χ1v) is 15.7. The summed E-state index contributed by atoms with van der Waals surface area (Å²) in [7, 11) is 3.23. The fraction of sp³-hybridized carbons (Fsp3) is 0.500. The van der Waals surface area contributed by atoms with Gasteiger partial charge in [0, 0.05) is 71.0 Å². The number of carbonyl (C=O) groups excluding carboxylic acids is 4. The maximum absolute atomic E-state index is 13.8. The van der Waals surface area contributed by atoms with Crippen LogP contribution in [0.25, 0.3) is 0 Å². The number of nitrogens with zero attached hydrogens (tertiary/aromatic N) is 3. The molecule has 0 unspecified atom stereocenters. The first-order valence-electron chi connectivity index (χ1n) is 15.7. The molecule has 3 aliphatic heterocycles. The van der Waals surface area contributed by atoms with Gasteiger partial charge in [0.25, 0.3) is 11.5 Å². The van der Waals surface area contributed by atoms with Gasteiger partial charge in [-0.1, -0.05) is 42.5 Å². The first kappa shape index (κ1) is 32.2. The molecule has 2 fully saturated rings. The monoisotopic (exact) mass is 617 g/mol. The number of hydrogen-bond acceptors (Lipinski definition) is 6. The second kappa shape index (κ2) is 14.2. The maximum atomic E-state index is 13.8. The maximum Gasteiger partial charge on any atom is 0.255 e. The SMILES string of the molecule is CN(C)C(=O)Cn1cc(C(=O)N2CC[C@H]3NC(=O)[C@H](Cc4ccccc4)NC(=O)C4(C/C=C/C[C@H]3C2)CCOCC4)ccc1=O. The number of pyridine rings is 1.